The lowest BCUT2D eigenvalue weighted by Gasteiger charge is -1.98. The Labute approximate surface area is 50.1 Å². The summed E-state index contributed by atoms with van der Waals surface area (Å²) in [6, 6.07) is 0. The van der Waals surface area contributed by atoms with Crippen molar-refractivity contribution >= 4 is 0 Å². The molecule has 0 aromatic rings. The van der Waals surface area contributed by atoms with E-state index in [1.165, 1.54) is 6.26 Å². The summed E-state index contributed by atoms with van der Waals surface area (Å²) in [7, 11) is 0. The van der Waals surface area contributed by atoms with Crippen molar-refractivity contribution in [1.29, 1.82) is 0 Å². The van der Waals surface area contributed by atoms with Gasteiger partial charge in [-0.3, -0.25) is 0 Å². The van der Waals surface area contributed by atoms with Crippen LogP contribution < -0.4 is 0 Å². The van der Waals surface area contributed by atoms with Gasteiger partial charge in [0.15, 0.2) is 0 Å². The Balaban J connectivity index is 2.62. The van der Waals surface area contributed by atoms with E-state index >= 15 is 0 Å². The monoisotopic (exact) mass is 116 g/mol. The molecule has 0 saturated carbocycles. The molecule has 0 aliphatic carbocycles. The van der Waals surface area contributed by atoms with Crippen LogP contribution in [0.2, 0.25) is 0 Å². The molecular weight excluding hydrogens is 104 g/mol. The van der Waals surface area contributed by atoms with Gasteiger partial charge in [0.2, 0.25) is 0 Å². The average Bonchev–Trinajstić information content (AvgIpc) is 1.81. The normalized spacial score (nSPS) is 8.62. The largest absolute Gasteiger partial charge is 0.499 e. The molecule has 0 rings (SSSR count). The maximum atomic E-state index is 4.96. The number of ether oxygens (including phenoxy) is 2. The van der Waals surface area contributed by atoms with E-state index < -0.39 is 0 Å². The quantitative estimate of drug-likeness (QED) is 0.396. The molecule has 0 radical (unpaired) electrons. The van der Waals surface area contributed by atoms with Crippen molar-refractivity contribution in [2.24, 2.45) is 0 Å². The minimum atomic E-state index is 0.608. The maximum Gasteiger partial charge on any atom is 0.111 e. The van der Waals surface area contributed by atoms with Crippen molar-refractivity contribution in [1.82, 2.24) is 0 Å². The first-order valence-corrected chi connectivity index (χ1v) is 2.72. The van der Waals surface area contributed by atoms with Crippen LogP contribution in [0.4, 0.5) is 0 Å². The average molecular weight is 116 g/mol. The Morgan fingerprint density at radius 2 is 2.25 bits per heavy atom. The van der Waals surface area contributed by atoms with E-state index in [2.05, 4.69) is 6.58 Å². The van der Waals surface area contributed by atoms with Crippen LogP contribution in [0.3, 0.4) is 0 Å². The molecule has 2 nitrogen and oxygen atoms in total. The van der Waals surface area contributed by atoms with Crippen molar-refractivity contribution < 1.29 is 9.47 Å². The fourth-order valence-electron chi connectivity index (χ4n) is 0.335. The first-order chi connectivity index (χ1) is 3.91. The fourth-order valence-corrected chi connectivity index (χ4v) is 0.335. The standard InChI is InChI=1S/C6H12O2/c1-3-7-5-6-8-4-2/h3H,1,4-6H2,2H3. The van der Waals surface area contributed by atoms with Crippen LogP contribution in [0.15, 0.2) is 12.8 Å². The Morgan fingerprint density at radius 1 is 1.50 bits per heavy atom. The second kappa shape index (κ2) is 6.50. The van der Waals surface area contributed by atoms with Crippen LogP contribution >= 0.6 is 0 Å². The van der Waals surface area contributed by atoms with Gasteiger partial charge in [-0.15, -0.1) is 0 Å². The molecule has 8 heavy (non-hydrogen) atoms. The number of hydrogen-bond donors (Lipinski definition) is 0. The highest BCUT2D eigenvalue weighted by Crippen LogP contribution is 1.75. The highest BCUT2D eigenvalue weighted by atomic mass is 16.5. The summed E-state index contributed by atoms with van der Waals surface area (Å²) in [6.45, 7) is 7.35. The minimum absolute atomic E-state index is 0.608. The van der Waals surface area contributed by atoms with Crippen LogP contribution in [-0.4, -0.2) is 19.8 Å². The highest BCUT2D eigenvalue weighted by Gasteiger charge is 1.79. The van der Waals surface area contributed by atoms with Crippen molar-refractivity contribution in [2.75, 3.05) is 19.8 Å². The van der Waals surface area contributed by atoms with Gasteiger partial charge in [-0.1, -0.05) is 6.58 Å². The summed E-state index contributed by atoms with van der Waals surface area (Å²) in [5, 5.41) is 0. The van der Waals surface area contributed by atoms with Crippen molar-refractivity contribution in [3.8, 4) is 0 Å². The molecule has 0 amide bonds. The lowest BCUT2D eigenvalue weighted by atomic mass is 10.7. The molecule has 0 atom stereocenters. The predicted molar refractivity (Wildman–Crippen MR) is 32.6 cm³/mol. The van der Waals surface area contributed by atoms with Crippen LogP contribution in [0, 0.1) is 0 Å². The fraction of sp³-hybridized carbons (Fsp3) is 0.667. The zero-order valence-corrected chi connectivity index (χ0v) is 5.22. The molecule has 2 heteroatoms. The van der Waals surface area contributed by atoms with Gasteiger partial charge in [-0.2, -0.15) is 0 Å². The summed E-state index contributed by atoms with van der Waals surface area (Å²) in [5.41, 5.74) is 0. The molecule has 0 unspecified atom stereocenters. The van der Waals surface area contributed by atoms with Gasteiger partial charge in [-0.05, 0) is 6.92 Å². The van der Waals surface area contributed by atoms with Crippen molar-refractivity contribution in [2.45, 2.75) is 6.92 Å². The lowest BCUT2D eigenvalue weighted by Crippen LogP contribution is -1.99. The molecule has 0 bridgehead atoms. The molecule has 0 spiro atoms. The summed E-state index contributed by atoms with van der Waals surface area (Å²) < 4.78 is 9.74. The molecule has 48 valence electrons. The number of rotatable bonds is 5. The van der Waals surface area contributed by atoms with Gasteiger partial charge < -0.3 is 9.47 Å². The first-order valence-electron chi connectivity index (χ1n) is 2.72. The van der Waals surface area contributed by atoms with Crippen molar-refractivity contribution in [3.63, 3.8) is 0 Å². The predicted octanol–water partition coefficient (Wildman–Crippen LogP) is 1.18. The first kappa shape index (κ1) is 7.50. The lowest BCUT2D eigenvalue weighted by molar-refractivity contribution is 0.0935. The Bertz CT molecular complexity index is 52.5. The molecule has 0 aliphatic rings. The Morgan fingerprint density at radius 3 is 2.75 bits per heavy atom. The molecule has 0 N–H and O–H groups in total. The summed E-state index contributed by atoms with van der Waals surface area (Å²) in [5.74, 6) is 0. The summed E-state index contributed by atoms with van der Waals surface area (Å²) >= 11 is 0. The Kier molecular flexibility index (Phi) is 6.09. The molecule has 0 aliphatic heterocycles. The van der Waals surface area contributed by atoms with Gasteiger partial charge in [0.05, 0.1) is 12.9 Å². The SMILES string of the molecule is C=COCCOCC. The maximum absolute atomic E-state index is 4.96. The molecule has 0 aromatic heterocycles. The van der Waals surface area contributed by atoms with E-state index in [0.29, 0.717) is 13.2 Å². The van der Waals surface area contributed by atoms with E-state index in [9.17, 15) is 0 Å². The van der Waals surface area contributed by atoms with E-state index in [1.807, 2.05) is 6.92 Å². The second-order valence-electron chi connectivity index (χ2n) is 1.23. The van der Waals surface area contributed by atoms with Crippen LogP contribution in [0.25, 0.3) is 0 Å². The van der Waals surface area contributed by atoms with Gasteiger partial charge in [0, 0.05) is 6.61 Å². The third-order valence-corrected chi connectivity index (χ3v) is 0.667. The zero-order chi connectivity index (χ0) is 6.24. The second-order valence-corrected chi connectivity index (χ2v) is 1.23. The third-order valence-electron chi connectivity index (χ3n) is 0.667. The number of hydrogen-bond acceptors (Lipinski definition) is 2. The van der Waals surface area contributed by atoms with Gasteiger partial charge >= 0.3 is 0 Å². The Hall–Kier alpha value is -0.500. The highest BCUT2D eigenvalue weighted by molar-refractivity contribution is 4.47. The zero-order valence-electron chi connectivity index (χ0n) is 5.22. The molecule has 0 fully saturated rings. The summed E-state index contributed by atoms with van der Waals surface area (Å²) in [4.78, 5) is 0. The minimum Gasteiger partial charge on any atom is -0.499 e. The molecule has 0 heterocycles. The summed E-state index contributed by atoms with van der Waals surface area (Å²) in [6.07, 6.45) is 1.42. The van der Waals surface area contributed by atoms with E-state index in [1.54, 1.807) is 0 Å². The topological polar surface area (TPSA) is 18.5 Å². The van der Waals surface area contributed by atoms with E-state index in [4.69, 9.17) is 9.47 Å². The van der Waals surface area contributed by atoms with Crippen LogP contribution in [0.5, 0.6) is 0 Å². The molecule has 0 aromatic carbocycles. The van der Waals surface area contributed by atoms with Crippen molar-refractivity contribution in [3.05, 3.63) is 12.8 Å². The van der Waals surface area contributed by atoms with E-state index in [0.717, 1.165) is 6.61 Å². The molecule has 0 saturated heterocycles. The smallest absolute Gasteiger partial charge is 0.111 e. The van der Waals surface area contributed by atoms with E-state index in [-0.39, 0.29) is 0 Å². The third kappa shape index (κ3) is 5.50. The van der Waals surface area contributed by atoms with Gasteiger partial charge in [0.1, 0.15) is 6.61 Å². The van der Waals surface area contributed by atoms with Gasteiger partial charge in [0.25, 0.3) is 0 Å². The van der Waals surface area contributed by atoms with Crippen LogP contribution in [-0.2, 0) is 9.47 Å². The van der Waals surface area contributed by atoms with Crippen LogP contribution in [0.1, 0.15) is 6.92 Å². The van der Waals surface area contributed by atoms with Gasteiger partial charge in [-0.25, -0.2) is 0 Å². The molecular formula is C6H12O2.